The van der Waals surface area contributed by atoms with Crippen LogP contribution in [0.25, 0.3) is 0 Å². The molecule has 0 fully saturated rings. The van der Waals surface area contributed by atoms with E-state index >= 15 is 0 Å². The number of aliphatic hydroxyl groups is 1. The largest absolute Gasteiger partial charge is 0.389 e. The molecule has 3 nitrogen and oxygen atoms in total. The third-order valence-corrected chi connectivity index (χ3v) is 4.34. The molecule has 0 aliphatic carbocycles. The van der Waals surface area contributed by atoms with E-state index in [1.807, 2.05) is 32.6 Å². The standard InChI is InChI=1S/C19H29NO2.2C2H6/c1-6-7-16-17-10-14(13(2)3)8-9-15(17)11-20(18(16)21)12-19(4,5)22;2*1-2/h8-10,13,16,22H,6-7,11-12H2,1-5H3;2*1-2H3. The fourth-order valence-corrected chi connectivity index (χ4v) is 3.25. The third-order valence-electron chi connectivity index (χ3n) is 4.34. The van der Waals surface area contributed by atoms with Gasteiger partial charge in [-0.1, -0.05) is 73.1 Å². The zero-order chi connectivity index (χ0) is 20.5. The van der Waals surface area contributed by atoms with Crippen LogP contribution in [0.4, 0.5) is 0 Å². The summed E-state index contributed by atoms with van der Waals surface area (Å²) in [7, 11) is 0. The molecular weight excluding hydrogens is 322 g/mol. The molecule has 26 heavy (non-hydrogen) atoms. The van der Waals surface area contributed by atoms with E-state index < -0.39 is 5.60 Å². The molecule has 1 atom stereocenters. The lowest BCUT2D eigenvalue weighted by molar-refractivity contribution is -0.137. The van der Waals surface area contributed by atoms with E-state index in [4.69, 9.17) is 0 Å². The summed E-state index contributed by atoms with van der Waals surface area (Å²) in [6.07, 6.45) is 1.86. The Kier molecular flexibility index (Phi) is 10.8. The van der Waals surface area contributed by atoms with Crippen molar-refractivity contribution in [3.8, 4) is 0 Å². The first-order chi connectivity index (χ1) is 12.2. The van der Waals surface area contributed by atoms with Crippen LogP contribution in [0.1, 0.15) is 104 Å². The van der Waals surface area contributed by atoms with Gasteiger partial charge in [0.05, 0.1) is 11.5 Å². The number of carbonyl (C=O) groups excluding carboxylic acids is 1. The summed E-state index contributed by atoms with van der Waals surface area (Å²) in [5.41, 5.74) is 2.86. The van der Waals surface area contributed by atoms with E-state index in [1.165, 1.54) is 16.7 Å². The number of fused-ring (bicyclic) bond motifs is 1. The molecular formula is C23H41NO2. The van der Waals surface area contributed by atoms with Gasteiger partial charge in [0.15, 0.2) is 0 Å². The maximum absolute atomic E-state index is 12.9. The van der Waals surface area contributed by atoms with E-state index in [9.17, 15) is 9.90 Å². The molecule has 0 bridgehead atoms. The molecule has 1 aliphatic heterocycles. The number of rotatable bonds is 5. The summed E-state index contributed by atoms with van der Waals surface area (Å²) in [5, 5.41) is 10.1. The normalized spacial score (nSPS) is 16.3. The number of nitrogens with zero attached hydrogens (tertiary/aromatic N) is 1. The van der Waals surface area contributed by atoms with Crippen LogP contribution in [0, 0.1) is 0 Å². The van der Waals surface area contributed by atoms with Gasteiger partial charge in [0, 0.05) is 13.1 Å². The van der Waals surface area contributed by atoms with E-state index in [1.54, 1.807) is 13.8 Å². The molecule has 1 aliphatic rings. The number of benzene rings is 1. The predicted molar refractivity (Wildman–Crippen MR) is 113 cm³/mol. The number of amides is 1. The molecule has 0 radical (unpaired) electrons. The lowest BCUT2D eigenvalue weighted by Crippen LogP contribution is -2.46. The highest BCUT2D eigenvalue weighted by molar-refractivity contribution is 5.86. The minimum absolute atomic E-state index is 0.0604. The van der Waals surface area contributed by atoms with Crippen LogP contribution in [0.3, 0.4) is 0 Å². The summed E-state index contributed by atoms with van der Waals surface area (Å²) in [5.74, 6) is 0.573. The summed E-state index contributed by atoms with van der Waals surface area (Å²) in [6, 6.07) is 6.56. The molecule has 1 heterocycles. The summed E-state index contributed by atoms with van der Waals surface area (Å²) < 4.78 is 0. The molecule has 0 saturated carbocycles. The van der Waals surface area contributed by atoms with Crippen molar-refractivity contribution >= 4 is 5.91 Å². The first kappa shape index (κ1) is 24.7. The maximum Gasteiger partial charge on any atom is 0.230 e. The van der Waals surface area contributed by atoms with Crippen molar-refractivity contribution in [2.24, 2.45) is 0 Å². The second-order valence-corrected chi connectivity index (χ2v) is 7.46. The molecule has 0 aromatic heterocycles. The highest BCUT2D eigenvalue weighted by Gasteiger charge is 2.34. The van der Waals surface area contributed by atoms with Gasteiger partial charge in [-0.15, -0.1) is 0 Å². The summed E-state index contributed by atoms with van der Waals surface area (Å²) >= 11 is 0. The van der Waals surface area contributed by atoms with Crippen LogP contribution < -0.4 is 0 Å². The minimum atomic E-state index is -0.859. The topological polar surface area (TPSA) is 40.5 Å². The number of hydrogen-bond acceptors (Lipinski definition) is 2. The average Bonchev–Trinajstić information content (AvgIpc) is 2.60. The van der Waals surface area contributed by atoms with Crippen LogP contribution in [0.5, 0.6) is 0 Å². The number of β-amino-alcohol motifs (C(OH)–C–C–N with tert-alkyl or cyclic N) is 1. The Balaban J connectivity index is 0.00000146. The van der Waals surface area contributed by atoms with Crippen LogP contribution in [0.2, 0.25) is 0 Å². The Morgan fingerprint density at radius 2 is 1.77 bits per heavy atom. The van der Waals surface area contributed by atoms with E-state index in [0.717, 1.165) is 12.8 Å². The van der Waals surface area contributed by atoms with Gasteiger partial charge in [0.25, 0.3) is 0 Å². The quantitative estimate of drug-likeness (QED) is 0.712. The van der Waals surface area contributed by atoms with Crippen molar-refractivity contribution in [3.05, 3.63) is 34.9 Å². The molecule has 150 valence electrons. The van der Waals surface area contributed by atoms with E-state index in [0.29, 0.717) is 19.0 Å². The van der Waals surface area contributed by atoms with E-state index in [-0.39, 0.29) is 11.8 Å². The zero-order valence-corrected chi connectivity index (χ0v) is 18.5. The molecule has 1 N–H and O–H groups in total. The fraction of sp³-hybridized carbons (Fsp3) is 0.696. The van der Waals surface area contributed by atoms with Gasteiger partial charge in [-0.05, 0) is 42.9 Å². The van der Waals surface area contributed by atoms with Crippen molar-refractivity contribution in [1.29, 1.82) is 0 Å². The van der Waals surface area contributed by atoms with Crippen molar-refractivity contribution < 1.29 is 9.90 Å². The molecule has 2 rings (SSSR count). The highest BCUT2D eigenvalue weighted by atomic mass is 16.3. The maximum atomic E-state index is 12.9. The van der Waals surface area contributed by atoms with Gasteiger partial charge < -0.3 is 10.0 Å². The second kappa shape index (κ2) is 11.4. The zero-order valence-electron chi connectivity index (χ0n) is 18.5. The molecule has 0 saturated heterocycles. The van der Waals surface area contributed by atoms with E-state index in [2.05, 4.69) is 39.0 Å². The minimum Gasteiger partial charge on any atom is -0.389 e. The van der Waals surface area contributed by atoms with Crippen LogP contribution >= 0.6 is 0 Å². The van der Waals surface area contributed by atoms with Crippen molar-refractivity contribution in [2.45, 2.75) is 99.1 Å². The Morgan fingerprint density at radius 3 is 2.23 bits per heavy atom. The molecule has 3 heteroatoms. The molecule has 1 unspecified atom stereocenters. The van der Waals surface area contributed by atoms with Gasteiger partial charge in [-0.2, -0.15) is 0 Å². The van der Waals surface area contributed by atoms with Gasteiger partial charge >= 0.3 is 0 Å². The Morgan fingerprint density at radius 1 is 1.19 bits per heavy atom. The van der Waals surface area contributed by atoms with Crippen LogP contribution in [-0.4, -0.2) is 28.1 Å². The average molecular weight is 364 g/mol. The van der Waals surface area contributed by atoms with Gasteiger partial charge in [0.1, 0.15) is 0 Å². The molecule has 1 aromatic rings. The second-order valence-electron chi connectivity index (χ2n) is 7.46. The predicted octanol–water partition coefficient (Wildman–Crippen LogP) is 5.86. The summed E-state index contributed by atoms with van der Waals surface area (Å²) in [4.78, 5) is 14.7. The number of carbonyl (C=O) groups is 1. The number of hydrogen-bond donors (Lipinski definition) is 1. The van der Waals surface area contributed by atoms with Crippen LogP contribution in [-0.2, 0) is 11.3 Å². The lowest BCUT2D eigenvalue weighted by Gasteiger charge is -2.37. The Hall–Kier alpha value is -1.35. The highest BCUT2D eigenvalue weighted by Crippen LogP contribution is 2.35. The molecule has 1 aromatic carbocycles. The SMILES string of the molecule is CC.CC.CCCC1C(=O)N(CC(C)(C)O)Cc2ccc(C(C)C)cc21. The lowest BCUT2D eigenvalue weighted by atomic mass is 9.83. The Bertz CT molecular complexity index is 544. The monoisotopic (exact) mass is 363 g/mol. The first-order valence-electron chi connectivity index (χ1n) is 10.4. The van der Waals surface area contributed by atoms with Crippen molar-refractivity contribution in [1.82, 2.24) is 4.90 Å². The van der Waals surface area contributed by atoms with Gasteiger partial charge in [0.2, 0.25) is 5.91 Å². The fourth-order valence-electron chi connectivity index (χ4n) is 3.25. The van der Waals surface area contributed by atoms with Crippen LogP contribution in [0.15, 0.2) is 18.2 Å². The van der Waals surface area contributed by atoms with Crippen molar-refractivity contribution in [2.75, 3.05) is 6.54 Å². The Labute approximate surface area is 161 Å². The first-order valence-corrected chi connectivity index (χ1v) is 10.4. The van der Waals surface area contributed by atoms with Crippen molar-refractivity contribution in [3.63, 3.8) is 0 Å². The third kappa shape index (κ3) is 6.75. The molecule has 1 amide bonds. The van der Waals surface area contributed by atoms with Gasteiger partial charge in [-0.25, -0.2) is 0 Å². The molecule has 0 spiro atoms. The van der Waals surface area contributed by atoms with Gasteiger partial charge in [-0.3, -0.25) is 4.79 Å². The summed E-state index contributed by atoms with van der Waals surface area (Å²) in [6.45, 7) is 19.0. The smallest absolute Gasteiger partial charge is 0.230 e.